The third-order valence-electron chi connectivity index (χ3n) is 0.630. The van der Waals surface area contributed by atoms with Gasteiger partial charge in [0.2, 0.25) is 5.39 Å². The third-order valence-corrected chi connectivity index (χ3v) is 1.48. The Bertz CT molecular complexity index is 194. The first-order valence-corrected chi connectivity index (χ1v) is 3.51. The first-order chi connectivity index (χ1) is 4.66. The first kappa shape index (κ1) is 8.98. The van der Waals surface area contributed by atoms with E-state index in [0.717, 1.165) is 18.0 Å². The van der Waals surface area contributed by atoms with Gasteiger partial charge in [0.25, 0.3) is 0 Å². The van der Waals surface area contributed by atoms with Gasteiger partial charge in [-0.25, -0.2) is 0 Å². The largest absolute Gasteiger partial charge is 0.505 e. The van der Waals surface area contributed by atoms with E-state index in [1.165, 1.54) is 6.92 Å². The Kier molecular flexibility index (Phi) is 4.33. The zero-order chi connectivity index (χ0) is 7.98. The summed E-state index contributed by atoms with van der Waals surface area (Å²) in [6.07, 6.45) is 0.885. The van der Waals surface area contributed by atoms with Gasteiger partial charge in [0.05, 0.1) is 5.75 Å². The average Bonchev–Trinajstić information content (AvgIpc) is 1.85. The van der Waals surface area contributed by atoms with Crippen molar-refractivity contribution in [3.8, 4) is 0 Å². The van der Waals surface area contributed by atoms with Crippen LogP contribution >= 0.6 is 11.8 Å². The Hall–Kier alpha value is -1.02. The summed E-state index contributed by atoms with van der Waals surface area (Å²) in [4.78, 5) is 12.9. The van der Waals surface area contributed by atoms with Crippen LogP contribution in [0, 0.1) is 5.39 Å². The quantitative estimate of drug-likeness (QED) is 0.490. The summed E-state index contributed by atoms with van der Waals surface area (Å²) >= 11 is 0.951. The third kappa shape index (κ3) is 5.12. The summed E-state index contributed by atoms with van der Waals surface area (Å²) in [7, 11) is 0. The van der Waals surface area contributed by atoms with Gasteiger partial charge in [0.15, 0.2) is 15.9 Å². The molecule has 10 heavy (non-hydrogen) atoms. The lowest BCUT2D eigenvalue weighted by atomic mass is 10.6. The van der Waals surface area contributed by atoms with E-state index in [9.17, 15) is 4.79 Å². The van der Waals surface area contributed by atoms with Crippen molar-refractivity contribution in [3.63, 3.8) is 0 Å². The van der Waals surface area contributed by atoms with Crippen LogP contribution < -0.4 is 0 Å². The Morgan fingerprint density at radius 2 is 2.50 bits per heavy atom. The number of nitrogens with zero attached hydrogens (tertiary/aromatic N) is 2. The number of aliphatic hydroxyl groups is 1. The Labute approximate surface area is 62.5 Å². The van der Waals surface area contributed by atoms with Gasteiger partial charge in [0, 0.05) is 6.92 Å². The molecule has 5 heteroatoms. The van der Waals surface area contributed by atoms with Crippen molar-refractivity contribution in [1.29, 1.82) is 5.39 Å². The summed E-state index contributed by atoms with van der Waals surface area (Å²) in [5, 5.41) is 16.5. The molecule has 0 saturated heterocycles. The maximum atomic E-state index is 10.3. The molecule has 0 spiro atoms. The van der Waals surface area contributed by atoms with E-state index in [0.29, 0.717) is 0 Å². The number of carbonyl (C=O) groups is 1. The normalized spacial score (nSPS) is 10.6. The molecular formula is C5H7N2O2S+. The van der Waals surface area contributed by atoms with E-state index < -0.39 is 0 Å². The van der Waals surface area contributed by atoms with Crippen LogP contribution in [0.1, 0.15) is 6.92 Å². The molecule has 4 nitrogen and oxygen atoms in total. The topological polar surface area (TPSA) is 65.4 Å². The van der Waals surface area contributed by atoms with E-state index in [4.69, 9.17) is 10.5 Å². The van der Waals surface area contributed by atoms with Crippen molar-refractivity contribution in [2.75, 3.05) is 5.75 Å². The summed E-state index contributed by atoms with van der Waals surface area (Å²) in [6, 6.07) is 0. The second-order valence-corrected chi connectivity index (χ2v) is 2.67. The zero-order valence-corrected chi connectivity index (χ0v) is 6.26. The second-order valence-electron chi connectivity index (χ2n) is 1.52. The van der Waals surface area contributed by atoms with Crippen molar-refractivity contribution in [3.05, 3.63) is 16.9 Å². The molecule has 0 rings (SSSR count). The molecule has 0 bridgehead atoms. The lowest BCUT2D eigenvalue weighted by Gasteiger charge is -1.88. The molecule has 0 amide bonds. The fourth-order valence-corrected chi connectivity index (χ4v) is 0.705. The van der Waals surface area contributed by atoms with Crippen LogP contribution in [-0.4, -0.2) is 16.0 Å². The van der Waals surface area contributed by atoms with E-state index in [1.54, 1.807) is 0 Å². The summed E-state index contributed by atoms with van der Waals surface area (Å²) in [6.45, 7) is 1.40. The number of rotatable bonds is 2. The minimum Gasteiger partial charge on any atom is -0.505 e. The van der Waals surface area contributed by atoms with Crippen molar-refractivity contribution < 1.29 is 9.90 Å². The van der Waals surface area contributed by atoms with Crippen LogP contribution in [-0.2, 0) is 4.79 Å². The van der Waals surface area contributed by atoms with Crippen LogP contribution in [0.15, 0.2) is 12.0 Å². The molecule has 0 aliphatic carbocycles. The number of diazo groups is 1. The molecule has 0 aromatic rings. The minimum atomic E-state index is -0.122. The molecule has 0 fully saturated rings. The van der Waals surface area contributed by atoms with Gasteiger partial charge in [-0.05, 0) is 0 Å². The van der Waals surface area contributed by atoms with E-state index in [-0.39, 0.29) is 16.6 Å². The molecule has 0 saturated carbocycles. The predicted octanol–water partition coefficient (Wildman–Crippen LogP) is 1.52. The van der Waals surface area contributed by atoms with Gasteiger partial charge < -0.3 is 5.11 Å². The average molecular weight is 159 g/mol. The zero-order valence-electron chi connectivity index (χ0n) is 5.44. The molecule has 0 aromatic carbocycles. The summed E-state index contributed by atoms with van der Waals surface area (Å²) in [5.41, 5.74) is 0. The molecule has 0 unspecified atom stereocenters. The van der Waals surface area contributed by atoms with Gasteiger partial charge in [-0.1, -0.05) is 11.8 Å². The SMILES string of the molecule is CC(=O)SC/C(O)=C/[N+]#N. The monoisotopic (exact) mass is 159 g/mol. The Morgan fingerprint density at radius 1 is 1.90 bits per heavy atom. The molecule has 0 radical (unpaired) electrons. The van der Waals surface area contributed by atoms with Gasteiger partial charge in [-0.3, -0.25) is 4.79 Å². The molecule has 0 aliphatic rings. The predicted molar refractivity (Wildman–Crippen MR) is 38.9 cm³/mol. The lowest BCUT2D eigenvalue weighted by Crippen LogP contribution is -1.88. The van der Waals surface area contributed by atoms with Gasteiger partial charge in [-0.2, -0.15) is 0 Å². The number of thioether (sulfide) groups is 1. The Balaban J connectivity index is 3.62. The number of hydrogen-bond donors (Lipinski definition) is 1. The smallest absolute Gasteiger partial charge is 0.388 e. The van der Waals surface area contributed by atoms with E-state index >= 15 is 0 Å². The standard InChI is InChI=1S/C5H6N2O2S/c1-4(8)10-3-5(9)2-7-6/h2H,3H2,1H3/p+1/b5-2-. The van der Waals surface area contributed by atoms with E-state index in [1.807, 2.05) is 0 Å². The van der Waals surface area contributed by atoms with Crippen LogP contribution in [0.2, 0.25) is 0 Å². The maximum absolute atomic E-state index is 10.3. The van der Waals surface area contributed by atoms with Crippen LogP contribution in [0.4, 0.5) is 0 Å². The van der Waals surface area contributed by atoms with Gasteiger partial charge in [0.1, 0.15) is 0 Å². The molecule has 0 aromatic heterocycles. The van der Waals surface area contributed by atoms with Crippen molar-refractivity contribution in [1.82, 2.24) is 0 Å². The molecule has 0 atom stereocenters. The highest BCUT2D eigenvalue weighted by Gasteiger charge is 2.01. The number of hydrogen-bond acceptors (Lipinski definition) is 4. The van der Waals surface area contributed by atoms with Gasteiger partial charge >= 0.3 is 6.20 Å². The van der Waals surface area contributed by atoms with Crippen molar-refractivity contribution >= 4 is 16.9 Å². The fraction of sp³-hybridized carbons (Fsp3) is 0.400. The van der Waals surface area contributed by atoms with Gasteiger partial charge in [-0.15, -0.1) is 0 Å². The summed E-state index contributed by atoms with van der Waals surface area (Å²) in [5.74, 6) is 0.0297. The number of aliphatic hydroxyl groups excluding tert-OH is 1. The molecule has 0 aliphatic heterocycles. The first-order valence-electron chi connectivity index (χ1n) is 2.52. The number of carbonyl (C=O) groups excluding carboxylic acids is 1. The highest BCUT2D eigenvalue weighted by atomic mass is 32.2. The van der Waals surface area contributed by atoms with Crippen LogP contribution in [0.5, 0.6) is 0 Å². The van der Waals surface area contributed by atoms with E-state index in [2.05, 4.69) is 4.98 Å². The minimum absolute atomic E-state index is 0.0853. The highest BCUT2D eigenvalue weighted by Crippen LogP contribution is 2.05. The lowest BCUT2D eigenvalue weighted by molar-refractivity contribution is -0.109. The molecule has 1 N–H and O–H groups in total. The van der Waals surface area contributed by atoms with Crippen LogP contribution in [0.25, 0.3) is 4.98 Å². The second kappa shape index (κ2) is 4.82. The maximum Gasteiger partial charge on any atom is 0.388 e. The van der Waals surface area contributed by atoms with Crippen molar-refractivity contribution in [2.45, 2.75) is 6.92 Å². The Morgan fingerprint density at radius 3 is 2.90 bits per heavy atom. The molecular weight excluding hydrogens is 152 g/mol. The van der Waals surface area contributed by atoms with Crippen LogP contribution in [0.3, 0.4) is 0 Å². The molecule has 54 valence electrons. The molecule has 0 heterocycles. The highest BCUT2D eigenvalue weighted by molar-refractivity contribution is 8.13. The van der Waals surface area contributed by atoms with Crippen molar-refractivity contribution in [2.24, 2.45) is 0 Å². The summed E-state index contributed by atoms with van der Waals surface area (Å²) < 4.78 is 0. The fourth-order valence-electron chi connectivity index (χ4n) is 0.279.